The van der Waals surface area contributed by atoms with Crippen molar-refractivity contribution in [3.63, 3.8) is 0 Å². The average molecular weight is 334 g/mol. The molecule has 0 aliphatic heterocycles. The van der Waals surface area contributed by atoms with Crippen molar-refractivity contribution in [3.8, 4) is 0 Å². The number of rotatable bonds is 5. The van der Waals surface area contributed by atoms with Crippen molar-refractivity contribution < 1.29 is 13.2 Å². The highest BCUT2D eigenvalue weighted by Gasteiger charge is 2.32. The molecular weight excluding hydrogens is 318 g/mol. The Bertz CT molecular complexity index is 495. The third kappa shape index (κ3) is 3.32. The van der Waals surface area contributed by atoms with Gasteiger partial charge >= 0.3 is 0 Å². The zero-order chi connectivity index (χ0) is 13.2. The van der Waals surface area contributed by atoms with E-state index in [1.165, 1.54) is 0 Å². The molecule has 1 fully saturated rings. The van der Waals surface area contributed by atoms with E-state index in [0.717, 1.165) is 17.3 Å². The van der Waals surface area contributed by atoms with Gasteiger partial charge in [-0.3, -0.25) is 0 Å². The maximum absolute atomic E-state index is 12.0. The second-order valence-electron chi connectivity index (χ2n) is 4.32. The third-order valence-electron chi connectivity index (χ3n) is 2.94. The fraction of sp³-hybridized carbons (Fsp3) is 0.500. The number of sulfonamides is 1. The van der Waals surface area contributed by atoms with Crippen LogP contribution in [-0.4, -0.2) is 27.2 Å². The Balaban J connectivity index is 1.95. The van der Waals surface area contributed by atoms with Crippen LogP contribution in [0.15, 0.2) is 33.6 Å². The molecule has 0 spiro atoms. The number of nitrogens with one attached hydrogen (secondary N) is 1. The summed E-state index contributed by atoms with van der Waals surface area (Å²) in [6, 6.07) is 6.61. The molecule has 1 aromatic carbocycles. The molecule has 1 aromatic rings. The van der Waals surface area contributed by atoms with Crippen LogP contribution in [-0.2, 0) is 14.8 Å². The van der Waals surface area contributed by atoms with Gasteiger partial charge in [-0.15, -0.1) is 0 Å². The molecule has 18 heavy (non-hydrogen) atoms. The van der Waals surface area contributed by atoms with Crippen molar-refractivity contribution in [2.24, 2.45) is 0 Å². The maximum atomic E-state index is 12.0. The smallest absolute Gasteiger partial charge is 0.240 e. The van der Waals surface area contributed by atoms with Crippen LogP contribution < -0.4 is 4.72 Å². The van der Waals surface area contributed by atoms with Crippen LogP contribution in [0.5, 0.6) is 0 Å². The van der Waals surface area contributed by atoms with Gasteiger partial charge in [0.15, 0.2) is 0 Å². The molecule has 0 aromatic heterocycles. The van der Waals surface area contributed by atoms with Crippen LogP contribution in [0.3, 0.4) is 0 Å². The normalized spacial score (nSPS) is 23.7. The monoisotopic (exact) mass is 333 g/mol. The van der Waals surface area contributed by atoms with E-state index in [9.17, 15) is 8.42 Å². The molecule has 0 heterocycles. The summed E-state index contributed by atoms with van der Waals surface area (Å²) < 4.78 is 33.0. The Morgan fingerprint density at radius 1 is 1.33 bits per heavy atom. The molecule has 1 N–H and O–H groups in total. The minimum Gasteiger partial charge on any atom is -0.378 e. The first-order valence-corrected chi connectivity index (χ1v) is 8.18. The molecule has 2 rings (SSSR count). The molecule has 1 aliphatic rings. The van der Waals surface area contributed by atoms with E-state index in [0.29, 0.717) is 11.5 Å². The first kappa shape index (κ1) is 14.0. The van der Waals surface area contributed by atoms with Crippen LogP contribution in [0, 0.1) is 0 Å². The van der Waals surface area contributed by atoms with E-state index < -0.39 is 10.0 Å². The van der Waals surface area contributed by atoms with Crippen LogP contribution >= 0.6 is 15.9 Å². The van der Waals surface area contributed by atoms with Gasteiger partial charge in [0.25, 0.3) is 0 Å². The summed E-state index contributed by atoms with van der Waals surface area (Å²) in [6.45, 7) is 2.62. The first-order valence-electron chi connectivity index (χ1n) is 5.91. The second-order valence-corrected chi connectivity index (χ2v) is 6.95. The third-order valence-corrected chi connectivity index (χ3v) is 5.01. The summed E-state index contributed by atoms with van der Waals surface area (Å²) in [7, 11) is -3.40. The van der Waals surface area contributed by atoms with Gasteiger partial charge in [0.2, 0.25) is 10.0 Å². The summed E-state index contributed by atoms with van der Waals surface area (Å²) in [5.74, 6) is 0. The standard InChI is InChI=1S/C12H16BrNO3S/c1-2-17-11-7-10(8-11)14-18(15,16)12-5-3-9(13)4-6-12/h3-6,10-11,14H,2,7-8H2,1H3. The maximum Gasteiger partial charge on any atom is 0.240 e. The number of hydrogen-bond donors (Lipinski definition) is 1. The quantitative estimate of drug-likeness (QED) is 0.899. The summed E-state index contributed by atoms with van der Waals surface area (Å²) in [5.41, 5.74) is 0. The highest BCUT2D eigenvalue weighted by molar-refractivity contribution is 9.10. The summed E-state index contributed by atoms with van der Waals surface area (Å²) >= 11 is 3.28. The highest BCUT2D eigenvalue weighted by Crippen LogP contribution is 2.25. The molecular formula is C12H16BrNO3S. The Hall–Kier alpha value is -0.430. The number of ether oxygens (including phenoxy) is 1. The molecule has 0 unspecified atom stereocenters. The van der Waals surface area contributed by atoms with Gasteiger partial charge < -0.3 is 4.74 Å². The summed E-state index contributed by atoms with van der Waals surface area (Å²) in [6.07, 6.45) is 1.71. The lowest BCUT2D eigenvalue weighted by Crippen LogP contribution is -2.47. The first-order chi connectivity index (χ1) is 8.51. The van der Waals surface area contributed by atoms with E-state index in [1.54, 1.807) is 24.3 Å². The van der Waals surface area contributed by atoms with Crippen molar-refractivity contribution in [3.05, 3.63) is 28.7 Å². The van der Waals surface area contributed by atoms with Gasteiger partial charge in [-0.1, -0.05) is 15.9 Å². The number of hydrogen-bond acceptors (Lipinski definition) is 3. The zero-order valence-corrected chi connectivity index (χ0v) is 12.5. The lowest BCUT2D eigenvalue weighted by atomic mass is 9.90. The largest absolute Gasteiger partial charge is 0.378 e. The van der Waals surface area contributed by atoms with Crippen LogP contribution in [0.4, 0.5) is 0 Å². The molecule has 0 atom stereocenters. The molecule has 1 aliphatic carbocycles. The predicted molar refractivity (Wildman–Crippen MR) is 72.9 cm³/mol. The van der Waals surface area contributed by atoms with Gasteiger partial charge in [-0.2, -0.15) is 0 Å². The van der Waals surface area contributed by atoms with E-state index in [4.69, 9.17) is 4.74 Å². The Kier molecular flexibility index (Phi) is 4.42. The van der Waals surface area contributed by atoms with Gasteiger partial charge in [-0.05, 0) is 44.0 Å². The number of halogens is 1. The molecule has 0 bridgehead atoms. The lowest BCUT2D eigenvalue weighted by Gasteiger charge is -2.35. The van der Waals surface area contributed by atoms with Crippen LogP contribution in [0.25, 0.3) is 0 Å². The fourth-order valence-electron chi connectivity index (χ4n) is 1.93. The van der Waals surface area contributed by atoms with Crippen LogP contribution in [0.1, 0.15) is 19.8 Å². The van der Waals surface area contributed by atoms with Crippen molar-refractivity contribution in [2.75, 3.05) is 6.61 Å². The molecule has 4 nitrogen and oxygen atoms in total. The highest BCUT2D eigenvalue weighted by atomic mass is 79.9. The Labute approximate surface area is 116 Å². The Morgan fingerprint density at radius 2 is 1.94 bits per heavy atom. The van der Waals surface area contributed by atoms with E-state index in [2.05, 4.69) is 20.7 Å². The molecule has 0 saturated heterocycles. The number of benzene rings is 1. The van der Waals surface area contributed by atoms with Gasteiger partial charge in [0.1, 0.15) is 0 Å². The SMILES string of the molecule is CCOC1CC(NS(=O)(=O)c2ccc(Br)cc2)C1. The molecule has 6 heteroatoms. The topological polar surface area (TPSA) is 55.4 Å². The lowest BCUT2D eigenvalue weighted by molar-refractivity contribution is -0.00475. The van der Waals surface area contributed by atoms with E-state index >= 15 is 0 Å². The average Bonchev–Trinajstić information content (AvgIpc) is 2.27. The van der Waals surface area contributed by atoms with Gasteiger partial charge in [0.05, 0.1) is 11.0 Å². The summed E-state index contributed by atoms with van der Waals surface area (Å²) in [5, 5.41) is 0. The van der Waals surface area contributed by atoms with Crippen molar-refractivity contribution in [2.45, 2.75) is 36.8 Å². The van der Waals surface area contributed by atoms with E-state index in [1.807, 2.05) is 6.92 Å². The van der Waals surface area contributed by atoms with Crippen molar-refractivity contribution >= 4 is 26.0 Å². The second kappa shape index (κ2) is 5.69. The Morgan fingerprint density at radius 3 is 2.50 bits per heavy atom. The fourth-order valence-corrected chi connectivity index (χ4v) is 3.46. The minimum absolute atomic E-state index is 0.00445. The zero-order valence-electron chi connectivity index (χ0n) is 10.1. The van der Waals surface area contributed by atoms with Crippen molar-refractivity contribution in [1.29, 1.82) is 0 Å². The molecule has 0 radical (unpaired) electrons. The summed E-state index contributed by atoms with van der Waals surface area (Å²) in [4.78, 5) is 0.297. The molecule has 100 valence electrons. The van der Waals surface area contributed by atoms with E-state index in [-0.39, 0.29) is 12.1 Å². The van der Waals surface area contributed by atoms with Crippen molar-refractivity contribution in [1.82, 2.24) is 4.72 Å². The van der Waals surface area contributed by atoms with Gasteiger partial charge in [0, 0.05) is 17.1 Å². The minimum atomic E-state index is -3.40. The van der Waals surface area contributed by atoms with Gasteiger partial charge in [-0.25, -0.2) is 13.1 Å². The molecule has 1 saturated carbocycles. The van der Waals surface area contributed by atoms with Crippen LogP contribution in [0.2, 0.25) is 0 Å². The molecule has 0 amide bonds. The predicted octanol–water partition coefficient (Wildman–Crippen LogP) is 2.29.